The molecule has 0 nitrogen and oxygen atoms in total. The Bertz CT molecular complexity index is 1050. The van der Waals surface area contributed by atoms with Crippen molar-refractivity contribution in [3.8, 4) is 0 Å². The first kappa shape index (κ1) is 23.8. The van der Waals surface area contributed by atoms with Gasteiger partial charge in [-0.3, -0.25) is 0 Å². The normalized spacial score (nSPS) is 19.8. The highest BCUT2D eigenvalue weighted by molar-refractivity contribution is 6.78. The maximum Gasteiger partial charge on any atom is 0.0937 e. The highest BCUT2D eigenvalue weighted by Gasteiger charge is 2.21. The minimum absolute atomic E-state index is 0.934. The molecule has 2 atom stereocenters. The molecular weight excluding hydrogens is 441 g/mol. The molecule has 2 aliphatic rings. The van der Waals surface area contributed by atoms with Crippen LogP contribution >= 0.6 is 0 Å². The molecule has 0 saturated heterocycles. The van der Waals surface area contributed by atoms with Gasteiger partial charge in [-0.15, -0.1) is 24.6 Å². The predicted molar refractivity (Wildman–Crippen MR) is 158 cm³/mol. The molecular formula is C32H42Si2. The molecule has 0 spiro atoms. The topological polar surface area (TPSA) is 0 Å². The first-order valence-electron chi connectivity index (χ1n) is 14.0. The molecule has 0 radical (unpaired) electrons. The fourth-order valence-corrected chi connectivity index (χ4v) is 12.1. The first-order valence-corrected chi connectivity index (χ1v) is 18.1. The summed E-state index contributed by atoms with van der Waals surface area (Å²) in [4.78, 5) is 0. The lowest BCUT2D eigenvalue weighted by Crippen LogP contribution is -2.31. The van der Waals surface area contributed by atoms with Gasteiger partial charge in [0.2, 0.25) is 0 Å². The van der Waals surface area contributed by atoms with Crippen molar-refractivity contribution in [3.63, 3.8) is 0 Å². The predicted octanol–water partition coefficient (Wildman–Crippen LogP) is 7.47. The van der Waals surface area contributed by atoms with Gasteiger partial charge < -0.3 is 0 Å². The molecule has 0 bridgehead atoms. The van der Waals surface area contributed by atoms with Crippen LogP contribution in [0.1, 0.15) is 64.2 Å². The van der Waals surface area contributed by atoms with E-state index in [0.717, 1.165) is 11.8 Å². The SMILES string of the molecule is C=C[SiH](CC1CCCCC1)c1ccc2cc3ccc([SiH](C=C)CC4CCCCC4)cc3cc2c1. The van der Waals surface area contributed by atoms with Gasteiger partial charge in [0, 0.05) is 0 Å². The molecule has 2 fully saturated rings. The van der Waals surface area contributed by atoms with Crippen molar-refractivity contribution in [3.05, 3.63) is 73.1 Å². The second-order valence-electron chi connectivity index (χ2n) is 11.2. The van der Waals surface area contributed by atoms with Gasteiger partial charge >= 0.3 is 0 Å². The zero-order valence-electron chi connectivity index (χ0n) is 21.0. The van der Waals surface area contributed by atoms with E-state index in [-0.39, 0.29) is 0 Å². The van der Waals surface area contributed by atoms with Gasteiger partial charge in [0.25, 0.3) is 0 Å². The zero-order valence-corrected chi connectivity index (χ0v) is 23.3. The van der Waals surface area contributed by atoms with Crippen molar-refractivity contribution >= 4 is 49.5 Å². The third-order valence-electron chi connectivity index (χ3n) is 8.89. The van der Waals surface area contributed by atoms with Gasteiger partial charge in [-0.05, 0) is 57.6 Å². The third-order valence-corrected chi connectivity index (χ3v) is 14.8. The van der Waals surface area contributed by atoms with Gasteiger partial charge in [0.1, 0.15) is 0 Å². The Morgan fingerprint density at radius 3 is 1.38 bits per heavy atom. The summed E-state index contributed by atoms with van der Waals surface area (Å²) in [6.07, 6.45) is 14.4. The molecule has 5 rings (SSSR count). The van der Waals surface area contributed by atoms with E-state index >= 15 is 0 Å². The molecule has 2 aliphatic carbocycles. The summed E-state index contributed by atoms with van der Waals surface area (Å²) in [6, 6.07) is 22.2. The Morgan fingerprint density at radius 1 is 0.559 bits per heavy atom. The molecule has 2 saturated carbocycles. The van der Waals surface area contributed by atoms with E-state index in [1.165, 1.54) is 97.8 Å². The smallest absolute Gasteiger partial charge is 0.0937 e. The van der Waals surface area contributed by atoms with E-state index in [4.69, 9.17) is 0 Å². The lowest BCUT2D eigenvalue weighted by atomic mass is 9.91. The van der Waals surface area contributed by atoms with Gasteiger partial charge in [0.05, 0.1) is 17.6 Å². The van der Waals surface area contributed by atoms with Crippen LogP contribution in [0.4, 0.5) is 0 Å². The molecule has 0 aromatic heterocycles. The Kier molecular flexibility index (Phi) is 7.86. The molecule has 3 aromatic rings. The molecule has 0 heterocycles. The minimum atomic E-state index is -1.11. The van der Waals surface area contributed by atoms with Gasteiger partial charge in [-0.25, -0.2) is 0 Å². The highest BCUT2D eigenvalue weighted by Crippen LogP contribution is 2.30. The Labute approximate surface area is 210 Å². The largest absolute Gasteiger partial charge is 0.107 e. The second-order valence-corrected chi connectivity index (χ2v) is 16.9. The molecule has 0 amide bonds. The van der Waals surface area contributed by atoms with Crippen LogP contribution in [0.3, 0.4) is 0 Å². The lowest BCUT2D eigenvalue weighted by Gasteiger charge is -2.25. The fraction of sp³-hybridized carbons (Fsp3) is 0.438. The lowest BCUT2D eigenvalue weighted by molar-refractivity contribution is 0.384. The number of hydrogen-bond acceptors (Lipinski definition) is 0. The average molecular weight is 483 g/mol. The summed E-state index contributed by atoms with van der Waals surface area (Å²) in [5, 5.41) is 8.73. The van der Waals surface area contributed by atoms with E-state index in [1.807, 2.05) is 0 Å². The molecule has 178 valence electrons. The number of rotatable bonds is 8. The van der Waals surface area contributed by atoms with Crippen LogP contribution in [-0.4, -0.2) is 17.6 Å². The Balaban J connectivity index is 1.41. The van der Waals surface area contributed by atoms with E-state index in [1.54, 1.807) is 10.4 Å². The van der Waals surface area contributed by atoms with E-state index in [0.29, 0.717) is 0 Å². The van der Waals surface area contributed by atoms with Crippen LogP contribution in [-0.2, 0) is 0 Å². The standard InChI is InChI=1S/C32H42Si2/c1-3-33(23-25-11-7-5-8-12-25)31-17-15-27-19-28-16-18-32(22-30(28)20-29(27)21-31)34(4-2)24-26-13-9-6-10-14-26/h3-4,15-22,25-26,33-34H,1-2,5-14,23-24H2. The zero-order chi connectivity index (χ0) is 23.3. The van der Waals surface area contributed by atoms with E-state index < -0.39 is 17.6 Å². The van der Waals surface area contributed by atoms with Crippen LogP contribution in [0.15, 0.2) is 73.1 Å². The summed E-state index contributed by atoms with van der Waals surface area (Å²) in [6.45, 7) is 8.56. The molecule has 34 heavy (non-hydrogen) atoms. The number of hydrogen-bond donors (Lipinski definition) is 0. The fourth-order valence-electron chi connectivity index (χ4n) is 6.80. The van der Waals surface area contributed by atoms with Crippen molar-refractivity contribution in [1.82, 2.24) is 0 Å². The van der Waals surface area contributed by atoms with Crippen LogP contribution in [0, 0.1) is 11.8 Å². The van der Waals surface area contributed by atoms with Crippen LogP contribution < -0.4 is 10.4 Å². The summed E-state index contributed by atoms with van der Waals surface area (Å²) in [5.74, 6) is 1.87. The minimum Gasteiger partial charge on any atom is -0.107 e. The number of benzene rings is 3. The van der Waals surface area contributed by atoms with Crippen molar-refractivity contribution < 1.29 is 0 Å². The summed E-state index contributed by atoms with van der Waals surface area (Å²) in [5.41, 5.74) is 4.67. The van der Waals surface area contributed by atoms with Crippen molar-refractivity contribution in [2.75, 3.05) is 0 Å². The Morgan fingerprint density at radius 2 is 0.971 bits per heavy atom. The summed E-state index contributed by atoms with van der Waals surface area (Å²) in [7, 11) is -2.22. The molecule has 0 aliphatic heterocycles. The molecule has 2 heteroatoms. The Hall–Kier alpha value is -1.91. The van der Waals surface area contributed by atoms with Crippen molar-refractivity contribution in [2.24, 2.45) is 11.8 Å². The second kappa shape index (κ2) is 11.2. The van der Waals surface area contributed by atoms with Crippen molar-refractivity contribution in [1.29, 1.82) is 0 Å². The molecule has 0 N–H and O–H groups in total. The van der Waals surface area contributed by atoms with Gasteiger partial charge in [-0.2, -0.15) is 0 Å². The molecule has 2 unspecified atom stereocenters. The maximum absolute atomic E-state index is 4.28. The van der Waals surface area contributed by atoms with E-state index in [2.05, 4.69) is 73.1 Å². The van der Waals surface area contributed by atoms with Gasteiger partial charge in [0.15, 0.2) is 0 Å². The third kappa shape index (κ3) is 5.49. The monoisotopic (exact) mass is 482 g/mol. The quantitative estimate of drug-likeness (QED) is 0.231. The number of fused-ring (bicyclic) bond motifs is 2. The summed E-state index contributed by atoms with van der Waals surface area (Å²) < 4.78 is 0. The molecule has 3 aromatic carbocycles. The highest BCUT2D eigenvalue weighted by atomic mass is 28.3. The van der Waals surface area contributed by atoms with Crippen LogP contribution in [0.25, 0.3) is 21.5 Å². The van der Waals surface area contributed by atoms with Crippen LogP contribution in [0.5, 0.6) is 0 Å². The average Bonchev–Trinajstić information content (AvgIpc) is 2.89. The maximum atomic E-state index is 4.28. The first-order chi connectivity index (χ1) is 16.7. The van der Waals surface area contributed by atoms with Crippen LogP contribution in [0.2, 0.25) is 12.1 Å². The van der Waals surface area contributed by atoms with Gasteiger partial charge in [-0.1, -0.05) is 111 Å². The van der Waals surface area contributed by atoms with Crippen molar-refractivity contribution in [2.45, 2.75) is 76.3 Å². The summed E-state index contributed by atoms with van der Waals surface area (Å²) >= 11 is 0. The van der Waals surface area contributed by atoms with E-state index in [9.17, 15) is 0 Å².